The van der Waals surface area contributed by atoms with E-state index in [2.05, 4.69) is 31.5 Å². The average Bonchev–Trinajstić information content (AvgIpc) is 3.72. The van der Waals surface area contributed by atoms with Gasteiger partial charge >= 0.3 is 12.1 Å². The van der Waals surface area contributed by atoms with Gasteiger partial charge < -0.3 is 20.1 Å². The topological polar surface area (TPSA) is 166 Å². The third-order valence-corrected chi connectivity index (χ3v) is 6.92. The summed E-state index contributed by atoms with van der Waals surface area (Å²) in [6.45, 7) is -0.0328. The number of aromatic nitrogens is 4. The van der Waals surface area contributed by atoms with Crippen LogP contribution >= 0.6 is 11.6 Å². The lowest BCUT2D eigenvalue weighted by molar-refractivity contribution is -0.142. The van der Waals surface area contributed by atoms with Crippen molar-refractivity contribution in [3.63, 3.8) is 0 Å². The van der Waals surface area contributed by atoms with E-state index in [0.717, 1.165) is 5.56 Å². The minimum absolute atomic E-state index is 0.0328. The molecule has 1 aliphatic heterocycles. The molecule has 230 valence electrons. The van der Waals surface area contributed by atoms with E-state index in [9.17, 15) is 19.2 Å². The summed E-state index contributed by atoms with van der Waals surface area (Å²) in [5.41, 5.74) is 2.93. The van der Waals surface area contributed by atoms with Crippen molar-refractivity contribution in [3.8, 4) is 5.69 Å². The second-order valence-electron chi connectivity index (χ2n) is 9.98. The standard InChI is InChI=1S/C31H28ClN7O6/c32-22-7-13-27(39-19-33-37-38-39)21(17-22)6-14-28(40)36-26(16-20-4-2-1-3-5-20)30(42)34-23-8-10-24(11-9-23)35-31(43)44-18-25-12-15-29(41)45-25/h1-11,13-14,17,19,25-26H,12,15-16,18H2,(H,34,42)(H,35,43)(H,36,40)/b14-6+/t25-,26?/m0/s1. The molecule has 3 aromatic carbocycles. The van der Waals surface area contributed by atoms with Crippen molar-refractivity contribution < 1.29 is 28.7 Å². The summed E-state index contributed by atoms with van der Waals surface area (Å²) in [6, 6.07) is 19.8. The highest BCUT2D eigenvalue weighted by Gasteiger charge is 2.25. The van der Waals surface area contributed by atoms with Crippen LogP contribution in [-0.4, -0.2) is 62.8 Å². The average molecular weight is 630 g/mol. The molecule has 3 amide bonds. The predicted octanol–water partition coefficient (Wildman–Crippen LogP) is 3.95. The Morgan fingerprint density at radius 1 is 1.04 bits per heavy atom. The van der Waals surface area contributed by atoms with Crippen molar-refractivity contribution in [2.45, 2.75) is 31.4 Å². The molecule has 4 aromatic rings. The molecule has 0 spiro atoms. The highest BCUT2D eigenvalue weighted by atomic mass is 35.5. The lowest BCUT2D eigenvalue weighted by atomic mass is 10.0. The lowest BCUT2D eigenvalue weighted by Gasteiger charge is -2.18. The van der Waals surface area contributed by atoms with Gasteiger partial charge in [-0.25, -0.2) is 4.79 Å². The minimum atomic E-state index is -0.916. The summed E-state index contributed by atoms with van der Waals surface area (Å²) in [5.74, 6) is -1.25. The fourth-order valence-corrected chi connectivity index (χ4v) is 4.65. The Morgan fingerprint density at radius 2 is 1.80 bits per heavy atom. The Bertz CT molecular complexity index is 1680. The van der Waals surface area contributed by atoms with Crippen LogP contribution in [0.1, 0.15) is 24.0 Å². The summed E-state index contributed by atoms with van der Waals surface area (Å²) in [5, 5.41) is 19.8. The minimum Gasteiger partial charge on any atom is -0.459 e. The molecular weight excluding hydrogens is 602 g/mol. The number of hydrogen-bond donors (Lipinski definition) is 3. The smallest absolute Gasteiger partial charge is 0.411 e. The molecule has 5 rings (SSSR count). The fraction of sp³-hybridized carbons (Fsp3) is 0.194. The summed E-state index contributed by atoms with van der Waals surface area (Å²) < 4.78 is 11.6. The molecule has 1 aliphatic rings. The molecule has 0 aliphatic carbocycles. The number of carbonyl (C=O) groups is 4. The number of esters is 1. The first-order valence-corrected chi connectivity index (χ1v) is 14.3. The van der Waals surface area contributed by atoms with Gasteiger partial charge in [0.25, 0.3) is 0 Å². The van der Waals surface area contributed by atoms with E-state index in [1.807, 2.05) is 30.3 Å². The van der Waals surface area contributed by atoms with Gasteiger partial charge in [-0.3, -0.25) is 19.7 Å². The number of benzene rings is 3. The first-order valence-electron chi connectivity index (χ1n) is 13.9. The van der Waals surface area contributed by atoms with Crippen molar-refractivity contribution in [2.24, 2.45) is 0 Å². The van der Waals surface area contributed by atoms with Gasteiger partial charge in [0.15, 0.2) is 0 Å². The maximum absolute atomic E-state index is 13.4. The van der Waals surface area contributed by atoms with Crippen molar-refractivity contribution >= 4 is 52.9 Å². The number of cyclic esters (lactones) is 1. The number of hydrogen-bond acceptors (Lipinski definition) is 9. The highest BCUT2D eigenvalue weighted by molar-refractivity contribution is 6.30. The molecule has 13 nitrogen and oxygen atoms in total. The number of nitrogens with one attached hydrogen (secondary N) is 3. The number of tetrazole rings is 1. The van der Waals surface area contributed by atoms with Crippen LogP contribution in [0.15, 0.2) is 85.2 Å². The van der Waals surface area contributed by atoms with Crippen LogP contribution in [0.25, 0.3) is 11.8 Å². The SMILES string of the molecule is O=C(/C=C/c1cc(Cl)ccc1-n1cnnn1)NC(Cc1ccccc1)C(=O)Nc1ccc(NC(=O)OC[C@@H]2CCC(=O)O2)cc1. The second kappa shape index (κ2) is 14.8. The summed E-state index contributed by atoms with van der Waals surface area (Å²) in [4.78, 5) is 49.7. The molecule has 0 radical (unpaired) electrons. The van der Waals surface area contributed by atoms with Crippen molar-refractivity contribution in [1.82, 2.24) is 25.5 Å². The van der Waals surface area contributed by atoms with Crippen molar-refractivity contribution in [2.75, 3.05) is 17.2 Å². The molecule has 0 saturated carbocycles. The first-order chi connectivity index (χ1) is 21.8. The van der Waals surface area contributed by atoms with Crippen LogP contribution in [0.2, 0.25) is 5.02 Å². The molecule has 1 fully saturated rings. The van der Waals surface area contributed by atoms with Gasteiger partial charge in [-0.15, -0.1) is 5.10 Å². The number of amides is 3. The summed E-state index contributed by atoms with van der Waals surface area (Å²) >= 11 is 6.17. The number of carbonyl (C=O) groups excluding carboxylic acids is 4. The molecule has 1 saturated heterocycles. The zero-order valence-electron chi connectivity index (χ0n) is 23.8. The van der Waals surface area contributed by atoms with Crippen LogP contribution in [0, 0.1) is 0 Å². The van der Waals surface area contributed by atoms with E-state index in [4.69, 9.17) is 21.1 Å². The number of anilines is 2. The Labute approximate surface area is 262 Å². The van der Waals surface area contributed by atoms with Crippen LogP contribution in [0.3, 0.4) is 0 Å². The van der Waals surface area contributed by atoms with Gasteiger partial charge in [0.2, 0.25) is 11.8 Å². The quantitative estimate of drug-likeness (QED) is 0.164. The molecule has 0 bridgehead atoms. The number of halogens is 1. The van der Waals surface area contributed by atoms with Crippen LogP contribution in [-0.2, 0) is 30.3 Å². The summed E-state index contributed by atoms with van der Waals surface area (Å²) in [6.07, 6.45) is 4.21. The molecule has 2 heterocycles. The third-order valence-electron chi connectivity index (χ3n) is 6.68. The predicted molar refractivity (Wildman–Crippen MR) is 164 cm³/mol. The second-order valence-corrected chi connectivity index (χ2v) is 10.4. The Morgan fingerprint density at radius 3 is 2.49 bits per heavy atom. The van der Waals surface area contributed by atoms with Crippen molar-refractivity contribution in [3.05, 3.63) is 101 Å². The van der Waals surface area contributed by atoms with E-state index in [1.165, 1.54) is 17.1 Å². The molecule has 3 N–H and O–H groups in total. The zero-order valence-corrected chi connectivity index (χ0v) is 24.5. The number of ether oxygens (including phenoxy) is 2. The highest BCUT2D eigenvalue weighted by Crippen LogP contribution is 2.21. The Kier molecular flexibility index (Phi) is 10.1. The lowest BCUT2D eigenvalue weighted by Crippen LogP contribution is -2.44. The maximum Gasteiger partial charge on any atom is 0.411 e. The molecule has 2 atom stereocenters. The van der Waals surface area contributed by atoms with Gasteiger partial charge in [-0.1, -0.05) is 41.9 Å². The number of nitrogens with zero attached hydrogens (tertiary/aromatic N) is 4. The van der Waals surface area contributed by atoms with E-state index < -0.39 is 30.1 Å². The van der Waals surface area contributed by atoms with E-state index >= 15 is 0 Å². The monoisotopic (exact) mass is 629 g/mol. The maximum atomic E-state index is 13.4. The van der Waals surface area contributed by atoms with E-state index in [-0.39, 0.29) is 19.0 Å². The number of rotatable bonds is 11. The Hall–Kier alpha value is -5.56. The first kappa shape index (κ1) is 30.9. The van der Waals surface area contributed by atoms with Crippen LogP contribution in [0.5, 0.6) is 0 Å². The van der Waals surface area contributed by atoms with Crippen molar-refractivity contribution in [1.29, 1.82) is 0 Å². The summed E-state index contributed by atoms with van der Waals surface area (Å²) in [7, 11) is 0. The van der Waals surface area contributed by atoms with E-state index in [0.29, 0.717) is 40.5 Å². The van der Waals surface area contributed by atoms with Gasteiger partial charge in [0.05, 0.1) is 5.69 Å². The van der Waals surface area contributed by atoms with Crippen LogP contribution < -0.4 is 16.0 Å². The van der Waals surface area contributed by atoms with E-state index in [1.54, 1.807) is 48.5 Å². The molecule has 1 unspecified atom stereocenters. The Balaban J connectivity index is 1.21. The third kappa shape index (κ3) is 8.97. The molecule has 45 heavy (non-hydrogen) atoms. The molecular formula is C31H28ClN7O6. The fourth-order valence-electron chi connectivity index (χ4n) is 4.47. The largest absolute Gasteiger partial charge is 0.459 e. The van der Waals surface area contributed by atoms with Gasteiger partial charge in [0, 0.05) is 40.9 Å². The van der Waals surface area contributed by atoms with Crippen LogP contribution in [0.4, 0.5) is 16.2 Å². The van der Waals surface area contributed by atoms with Gasteiger partial charge in [0.1, 0.15) is 25.1 Å². The van der Waals surface area contributed by atoms with Gasteiger partial charge in [-0.2, -0.15) is 4.68 Å². The van der Waals surface area contributed by atoms with Gasteiger partial charge in [-0.05, 0) is 71.0 Å². The zero-order chi connectivity index (χ0) is 31.6. The molecule has 1 aromatic heterocycles. The normalized spacial score (nSPS) is 14.9. The molecule has 14 heteroatoms.